The maximum Gasteiger partial charge on any atom is 0.322 e. The molecule has 17 heavy (non-hydrogen) atoms. The van der Waals surface area contributed by atoms with E-state index in [1.54, 1.807) is 0 Å². The van der Waals surface area contributed by atoms with Crippen LogP contribution in [0.2, 0.25) is 0 Å². The zero-order chi connectivity index (χ0) is 13.1. The van der Waals surface area contributed by atoms with E-state index >= 15 is 0 Å². The largest absolute Gasteiger partial charge is 0.480 e. The molecule has 0 aromatic carbocycles. The van der Waals surface area contributed by atoms with Crippen molar-refractivity contribution < 1.29 is 14.7 Å². The Labute approximate surface area is 100 Å². The molecule has 0 fully saturated rings. The summed E-state index contributed by atoms with van der Waals surface area (Å²) in [6, 6.07) is 0. The second-order valence-corrected chi connectivity index (χ2v) is 3.66. The van der Waals surface area contributed by atoms with E-state index in [1.807, 2.05) is 6.92 Å². The van der Waals surface area contributed by atoms with Crippen LogP contribution in [0.4, 0.5) is 0 Å². The van der Waals surface area contributed by atoms with Crippen molar-refractivity contribution in [3.63, 3.8) is 0 Å². The summed E-state index contributed by atoms with van der Waals surface area (Å²) >= 11 is 0. The maximum absolute atomic E-state index is 11.1. The van der Waals surface area contributed by atoms with Gasteiger partial charge in [0, 0.05) is 19.5 Å². The normalized spacial score (nSPS) is 9.71. The number of carbonyl (C=O) groups excluding carboxylic acids is 1. The lowest BCUT2D eigenvalue weighted by molar-refractivity contribution is -0.137. The summed E-state index contributed by atoms with van der Waals surface area (Å²) in [4.78, 5) is 31.7. The van der Waals surface area contributed by atoms with Crippen LogP contribution in [0.25, 0.3) is 0 Å². The van der Waals surface area contributed by atoms with Gasteiger partial charge >= 0.3 is 5.97 Å². The third-order valence-corrected chi connectivity index (χ3v) is 2.14. The summed E-state index contributed by atoms with van der Waals surface area (Å²) in [5.74, 6) is -1.40. The van der Waals surface area contributed by atoms with Crippen LogP contribution < -0.4 is 5.32 Å². The Hall–Kier alpha value is -1.66. The molecule has 1 amide bonds. The molecule has 0 unspecified atom stereocenters. The molecule has 0 saturated heterocycles. The fraction of sp³-hybridized carbons (Fsp3) is 0.800. The minimum absolute atomic E-state index is 0.200. The molecule has 0 rings (SSSR count). The van der Waals surface area contributed by atoms with Crippen molar-refractivity contribution in [1.29, 1.82) is 0 Å². The summed E-state index contributed by atoms with van der Waals surface area (Å²) < 4.78 is 0. The molecule has 0 spiro atoms. The summed E-state index contributed by atoms with van der Waals surface area (Å²) in [6.07, 6.45) is 2.55. The number of carboxylic acids is 1. The van der Waals surface area contributed by atoms with Crippen molar-refractivity contribution >= 4 is 11.9 Å². The highest BCUT2D eigenvalue weighted by Crippen LogP contribution is 1.99. The lowest BCUT2D eigenvalue weighted by atomic mass is 10.2. The third-order valence-electron chi connectivity index (χ3n) is 2.14. The average molecular weight is 245 g/mol. The Morgan fingerprint density at radius 3 is 2.47 bits per heavy atom. The molecule has 2 N–H and O–H groups in total. The number of hydrogen-bond donors (Lipinski definition) is 2. The van der Waals surface area contributed by atoms with Gasteiger partial charge in [-0.25, -0.2) is 0 Å². The van der Waals surface area contributed by atoms with E-state index < -0.39 is 5.97 Å². The molecule has 0 aliphatic rings. The molecule has 0 aliphatic heterocycles. The van der Waals surface area contributed by atoms with Gasteiger partial charge in [-0.15, -0.1) is 4.91 Å². The molecular weight excluding hydrogens is 226 g/mol. The number of rotatable bonds is 10. The summed E-state index contributed by atoms with van der Waals surface area (Å²) in [6.45, 7) is 2.66. The SMILES string of the molecule is CCCCN(CCCC(=O)NCC(=O)O)N=O. The highest BCUT2D eigenvalue weighted by molar-refractivity contribution is 5.80. The van der Waals surface area contributed by atoms with Gasteiger partial charge in [-0.3, -0.25) is 14.6 Å². The van der Waals surface area contributed by atoms with Crippen LogP contribution in [-0.2, 0) is 9.59 Å². The topological polar surface area (TPSA) is 99.1 Å². The van der Waals surface area contributed by atoms with Crippen molar-refractivity contribution in [2.75, 3.05) is 19.6 Å². The standard InChI is InChI=1S/C10H19N3O4/c1-2-3-6-13(12-17)7-4-5-9(14)11-8-10(15)16/h2-8H2,1H3,(H,11,14)(H,15,16). The van der Waals surface area contributed by atoms with Gasteiger partial charge in [0.25, 0.3) is 0 Å². The average Bonchev–Trinajstić information content (AvgIpc) is 2.30. The lowest BCUT2D eigenvalue weighted by Gasteiger charge is -2.13. The molecule has 0 atom stereocenters. The quantitative estimate of drug-likeness (QED) is 0.437. The number of carbonyl (C=O) groups is 2. The zero-order valence-corrected chi connectivity index (χ0v) is 10.0. The second-order valence-electron chi connectivity index (χ2n) is 3.66. The number of carboxylic acid groups (broad SMARTS) is 1. The molecule has 0 aromatic rings. The maximum atomic E-state index is 11.1. The fourth-order valence-corrected chi connectivity index (χ4v) is 1.22. The summed E-state index contributed by atoms with van der Waals surface area (Å²) in [5, 5.41) is 14.8. The van der Waals surface area contributed by atoms with E-state index in [2.05, 4.69) is 10.6 Å². The van der Waals surface area contributed by atoms with Crippen molar-refractivity contribution in [3.05, 3.63) is 4.91 Å². The molecule has 0 aliphatic carbocycles. The predicted molar refractivity (Wildman–Crippen MR) is 62.2 cm³/mol. The first-order chi connectivity index (χ1) is 8.10. The van der Waals surface area contributed by atoms with Crippen LogP contribution in [0.3, 0.4) is 0 Å². The highest BCUT2D eigenvalue weighted by atomic mass is 16.4. The number of nitroso groups, excluding NO2 is 1. The molecule has 98 valence electrons. The predicted octanol–water partition coefficient (Wildman–Crippen LogP) is 0.751. The molecular formula is C10H19N3O4. The lowest BCUT2D eigenvalue weighted by Crippen LogP contribution is -2.30. The number of nitrogens with zero attached hydrogens (tertiary/aromatic N) is 2. The van der Waals surface area contributed by atoms with Gasteiger partial charge in [-0.2, -0.15) is 0 Å². The number of unbranched alkanes of at least 4 members (excludes halogenated alkanes) is 1. The minimum atomic E-state index is -1.07. The van der Waals surface area contributed by atoms with Crippen LogP contribution in [-0.4, -0.2) is 41.6 Å². The Morgan fingerprint density at radius 2 is 1.94 bits per heavy atom. The van der Waals surface area contributed by atoms with Crippen molar-refractivity contribution in [3.8, 4) is 0 Å². The van der Waals surface area contributed by atoms with E-state index in [0.29, 0.717) is 19.5 Å². The van der Waals surface area contributed by atoms with Gasteiger partial charge in [0.15, 0.2) is 0 Å². The first-order valence-corrected chi connectivity index (χ1v) is 5.66. The molecule has 0 radical (unpaired) electrons. The third kappa shape index (κ3) is 9.28. The number of amides is 1. The Morgan fingerprint density at radius 1 is 1.29 bits per heavy atom. The van der Waals surface area contributed by atoms with Gasteiger partial charge in [0.1, 0.15) is 6.54 Å². The van der Waals surface area contributed by atoms with Crippen molar-refractivity contribution in [2.45, 2.75) is 32.6 Å². The monoisotopic (exact) mass is 245 g/mol. The first-order valence-electron chi connectivity index (χ1n) is 5.66. The zero-order valence-electron chi connectivity index (χ0n) is 10.0. The molecule has 0 bridgehead atoms. The first kappa shape index (κ1) is 15.3. The number of nitrogens with one attached hydrogen (secondary N) is 1. The van der Waals surface area contributed by atoms with Gasteiger partial charge in [-0.1, -0.05) is 13.3 Å². The second kappa shape index (κ2) is 9.56. The van der Waals surface area contributed by atoms with Crippen LogP contribution in [0, 0.1) is 4.91 Å². The van der Waals surface area contributed by atoms with Crippen molar-refractivity contribution in [2.24, 2.45) is 5.29 Å². The van der Waals surface area contributed by atoms with Crippen LogP contribution in [0.1, 0.15) is 32.6 Å². The molecule has 0 saturated carbocycles. The van der Waals surface area contributed by atoms with E-state index in [-0.39, 0.29) is 18.9 Å². The van der Waals surface area contributed by atoms with E-state index in [1.165, 1.54) is 5.01 Å². The molecule has 7 heteroatoms. The Balaban J connectivity index is 3.62. The smallest absolute Gasteiger partial charge is 0.322 e. The van der Waals surface area contributed by atoms with Crippen LogP contribution in [0.5, 0.6) is 0 Å². The molecule has 0 heterocycles. The fourth-order valence-electron chi connectivity index (χ4n) is 1.22. The molecule has 7 nitrogen and oxygen atoms in total. The summed E-state index contributed by atoms with van der Waals surface area (Å²) in [5.41, 5.74) is 0. The molecule has 0 aromatic heterocycles. The van der Waals surface area contributed by atoms with E-state index in [4.69, 9.17) is 5.11 Å². The van der Waals surface area contributed by atoms with Crippen LogP contribution >= 0.6 is 0 Å². The van der Waals surface area contributed by atoms with Crippen molar-refractivity contribution in [1.82, 2.24) is 10.3 Å². The minimum Gasteiger partial charge on any atom is -0.480 e. The summed E-state index contributed by atoms with van der Waals surface area (Å²) in [7, 11) is 0. The van der Waals surface area contributed by atoms with E-state index in [0.717, 1.165) is 12.8 Å². The number of aliphatic carboxylic acids is 1. The number of hydrogen-bond acceptors (Lipinski definition) is 4. The Kier molecular flexibility index (Phi) is 8.62. The van der Waals surface area contributed by atoms with Gasteiger partial charge in [-0.05, 0) is 12.8 Å². The highest BCUT2D eigenvalue weighted by Gasteiger charge is 2.06. The van der Waals surface area contributed by atoms with Crippen LogP contribution in [0.15, 0.2) is 5.29 Å². The van der Waals surface area contributed by atoms with E-state index in [9.17, 15) is 14.5 Å². The Bertz CT molecular complexity index is 258. The van der Waals surface area contributed by atoms with Gasteiger partial charge < -0.3 is 10.4 Å². The van der Waals surface area contributed by atoms with Gasteiger partial charge in [0.05, 0.1) is 5.29 Å². The van der Waals surface area contributed by atoms with Gasteiger partial charge in [0.2, 0.25) is 5.91 Å².